The molecule has 0 radical (unpaired) electrons. The number of carbonyl (C=O) groups excluding carboxylic acids is 1. The Morgan fingerprint density at radius 1 is 0.968 bits per heavy atom. The molecule has 2 aromatic carbocycles. The summed E-state index contributed by atoms with van der Waals surface area (Å²) >= 11 is 0. The summed E-state index contributed by atoms with van der Waals surface area (Å²) in [6, 6.07) is 16.5. The van der Waals surface area contributed by atoms with Gasteiger partial charge >= 0.3 is 0 Å². The third-order valence-electron chi connectivity index (χ3n) is 6.03. The van der Waals surface area contributed by atoms with Crippen molar-refractivity contribution >= 4 is 17.4 Å². The lowest BCUT2D eigenvalue weighted by Crippen LogP contribution is -2.49. The summed E-state index contributed by atoms with van der Waals surface area (Å²) in [5.74, 6) is 0.703. The lowest BCUT2D eigenvalue weighted by Gasteiger charge is -2.36. The van der Waals surface area contributed by atoms with Gasteiger partial charge < -0.3 is 10.2 Å². The van der Waals surface area contributed by atoms with Gasteiger partial charge in [-0.3, -0.25) is 9.69 Å². The van der Waals surface area contributed by atoms with E-state index in [2.05, 4.69) is 59.2 Å². The molecule has 0 bridgehead atoms. The minimum absolute atomic E-state index is 0.00607. The molecule has 0 spiro atoms. The van der Waals surface area contributed by atoms with Crippen LogP contribution in [0.15, 0.2) is 48.5 Å². The molecule has 1 aromatic heterocycles. The number of amides is 1. The zero-order valence-corrected chi connectivity index (χ0v) is 18.9. The fraction of sp³-hybridized carbons (Fsp3) is 0.360. The Bertz CT molecular complexity index is 1060. The summed E-state index contributed by atoms with van der Waals surface area (Å²) in [5.41, 5.74) is 6.97. The van der Waals surface area contributed by atoms with E-state index in [0.717, 1.165) is 37.6 Å². The number of anilines is 2. The molecule has 6 heteroatoms. The highest BCUT2D eigenvalue weighted by molar-refractivity contribution is 5.91. The molecule has 6 nitrogen and oxygen atoms in total. The predicted molar refractivity (Wildman–Crippen MR) is 126 cm³/mol. The number of nitrogens with zero attached hydrogens (tertiary/aromatic N) is 4. The summed E-state index contributed by atoms with van der Waals surface area (Å²) in [7, 11) is 0. The lowest BCUT2D eigenvalue weighted by molar-refractivity contribution is -0.117. The second-order valence-electron chi connectivity index (χ2n) is 8.45. The van der Waals surface area contributed by atoms with Gasteiger partial charge in [-0.2, -0.15) is 5.10 Å². The van der Waals surface area contributed by atoms with Crippen molar-refractivity contribution in [3.8, 4) is 5.69 Å². The molecule has 1 aliphatic heterocycles. The molecule has 4 rings (SSSR count). The predicted octanol–water partition coefficient (Wildman–Crippen LogP) is 3.87. The van der Waals surface area contributed by atoms with Crippen LogP contribution in [-0.4, -0.2) is 53.3 Å². The normalized spacial score (nSPS) is 14.6. The Morgan fingerprint density at radius 3 is 2.39 bits per heavy atom. The second-order valence-corrected chi connectivity index (χ2v) is 8.45. The van der Waals surface area contributed by atoms with Crippen molar-refractivity contribution in [3.05, 3.63) is 70.9 Å². The van der Waals surface area contributed by atoms with E-state index in [1.54, 1.807) is 4.68 Å². The zero-order chi connectivity index (χ0) is 22.0. The molecule has 2 heterocycles. The highest BCUT2D eigenvalue weighted by Gasteiger charge is 2.21. The van der Waals surface area contributed by atoms with Crippen molar-refractivity contribution in [3.63, 3.8) is 0 Å². The molecule has 1 amide bonds. The molecule has 0 unspecified atom stereocenters. The van der Waals surface area contributed by atoms with E-state index in [9.17, 15) is 4.79 Å². The van der Waals surface area contributed by atoms with E-state index in [0.29, 0.717) is 12.4 Å². The van der Waals surface area contributed by atoms with Crippen molar-refractivity contribution in [2.75, 3.05) is 42.9 Å². The third kappa shape index (κ3) is 4.80. The zero-order valence-electron chi connectivity index (χ0n) is 18.9. The first-order valence-corrected chi connectivity index (χ1v) is 10.9. The molecule has 1 N–H and O–H groups in total. The average Bonchev–Trinajstić information content (AvgIpc) is 3.11. The van der Waals surface area contributed by atoms with Crippen LogP contribution in [0.2, 0.25) is 0 Å². The molecular formula is C25H31N5O. The molecular weight excluding hydrogens is 386 g/mol. The van der Waals surface area contributed by atoms with Crippen LogP contribution in [0.3, 0.4) is 0 Å². The van der Waals surface area contributed by atoms with Crippen LogP contribution in [0.5, 0.6) is 0 Å². The fourth-order valence-corrected chi connectivity index (χ4v) is 4.08. The van der Waals surface area contributed by atoms with Gasteiger partial charge in [-0.25, -0.2) is 4.68 Å². The minimum Gasteiger partial charge on any atom is -0.369 e. The average molecular weight is 418 g/mol. The Morgan fingerprint density at radius 2 is 1.68 bits per heavy atom. The van der Waals surface area contributed by atoms with Gasteiger partial charge in [0.15, 0.2) is 0 Å². The first-order valence-electron chi connectivity index (χ1n) is 10.9. The largest absolute Gasteiger partial charge is 0.369 e. The maximum absolute atomic E-state index is 12.8. The Balaban J connectivity index is 1.36. The number of rotatable bonds is 5. The molecule has 1 fully saturated rings. The van der Waals surface area contributed by atoms with Gasteiger partial charge in [-0.05, 0) is 57.0 Å². The third-order valence-corrected chi connectivity index (χ3v) is 6.03. The number of aromatic nitrogens is 2. The highest BCUT2D eigenvalue weighted by atomic mass is 16.2. The number of hydrogen-bond donors (Lipinski definition) is 1. The van der Waals surface area contributed by atoms with Crippen LogP contribution in [0.4, 0.5) is 11.5 Å². The molecule has 0 saturated carbocycles. The van der Waals surface area contributed by atoms with Crippen LogP contribution in [-0.2, 0) is 4.79 Å². The van der Waals surface area contributed by atoms with Gasteiger partial charge in [0.05, 0.1) is 17.9 Å². The van der Waals surface area contributed by atoms with Gasteiger partial charge in [0.25, 0.3) is 0 Å². The number of piperazine rings is 1. The Labute approximate surface area is 184 Å². The molecule has 1 saturated heterocycles. The van der Waals surface area contributed by atoms with E-state index in [1.165, 1.54) is 22.4 Å². The summed E-state index contributed by atoms with van der Waals surface area (Å²) in [5, 5.41) is 7.61. The van der Waals surface area contributed by atoms with Gasteiger partial charge in [-0.1, -0.05) is 29.8 Å². The monoisotopic (exact) mass is 417 g/mol. The van der Waals surface area contributed by atoms with Gasteiger partial charge in [0.1, 0.15) is 5.82 Å². The van der Waals surface area contributed by atoms with E-state index in [1.807, 2.05) is 37.3 Å². The number of hydrogen-bond acceptors (Lipinski definition) is 4. The Hall–Kier alpha value is -3.12. The molecule has 3 aromatic rings. The van der Waals surface area contributed by atoms with Gasteiger partial charge in [0.2, 0.25) is 5.91 Å². The quantitative estimate of drug-likeness (QED) is 0.685. The van der Waals surface area contributed by atoms with Crippen LogP contribution in [0.1, 0.15) is 22.4 Å². The maximum Gasteiger partial charge on any atom is 0.239 e. The van der Waals surface area contributed by atoms with Crippen molar-refractivity contribution < 1.29 is 4.79 Å². The number of benzene rings is 2. The smallest absolute Gasteiger partial charge is 0.239 e. The van der Waals surface area contributed by atoms with Gasteiger partial charge in [-0.15, -0.1) is 0 Å². The summed E-state index contributed by atoms with van der Waals surface area (Å²) in [4.78, 5) is 17.4. The number of aryl methyl sites for hydroxylation is 3. The van der Waals surface area contributed by atoms with E-state index in [4.69, 9.17) is 0 Å². The highest BCUT2D eigenvalue weighted by Crippen LogP contribution is 2.24. The van der Waals surface area contributed by atoms with Crippen LogP contribution in [0, 0.1) is 27.7 Å². The number of nitrogens with one attached hydrogen (secondary N) is 1. The van der Waals surface area contributed by atoms with E-state index >= 15 is 0 Å². The number of carbonyl (C=O) groups is 1. The van der Waals surface area contributed by atoms with E-state index in [-0.39, 0.29) is 5.91 Å². The lowest BCUT2D eigenvalue weighted by atomic mass is 10.1. The Kier molecular flexibility index (Phi) is 6.09. The molecule has 162 valence electrons. The summed E-state index contributed by atoms with van der Waals surface area (Å²) < 4.78 is 1.80. The van der Waals surface area contributed by atoms with Gasteiger partial charge in [0, 0.05) is 37.9 Å². The van der Waals surface area contributed by atoms with Crippen molar-refractivity contribution in [1.82, 2.24) is 14.7 Å². The first-order chi connectivity index (χ1) is 14.9. The van der Waals surface area contributed by atoms with Crippen molar-refractivity contribution in [1.29, 1.82) is 0 Å². The van der Waals surface area contributed by atoms with Crippen LogP contribution in [0.25, 0.3) is 5.69 Å². The molecule has 1 aliphatic rings. The van der Waals surface area contributed by atoms with Crippen molar-refractivity contribution in [2.24, 2.45) is 0 Å². The standard InChI is InChI=1S/C25H31N5O/c1-18-8-10-22(11-9-18)30-24(16-20(3)27-30)26-25(31)17-28-12-14-29(15-13-28)23-7-5-6-19(2)21(23)4/h5-11,16H,12-15,17H2,1-4H3,(H,26,31). The first kappa shape index (κ1) is 21.1. The SMILES string of the molecule is Cc1ccc(-n2nc(C)cc2NC(=O)CN2CCN(c3cccc(C)c3C)CC2)cc1. The van der Waals surface area contributed by atoms with Crippen molar-refractivity contribution in [2.45, 2.75) is 27.7 Å². The topological polar surface area (TPSA) is 53.4 Å². The summed E-state index contributed by atoms with van der Waals surface area (Å²) in [6.45, 7) is 12.3. The molecule has 0 aliphatic carbocycles. The van der Waals surface area contributed by atoms with E-state index < -0.39 is 0 Å². The van der Waals surface area contributed by atoms with Crippen LogP contribution < -0.4 is 10.2 Å². The fourth-order valence-electron chi connectivity index (χ4n) is 4.08. The second kappa shape index (κ2) is 8.94. The summed E-state index contributed by atoms with van der Waals surface area (Å²) in [6.07, 6.45) is 0. The maximum atomic E-state index is 12.8. The molecule has 0 atom stereocenters. The molecule has 31 heavy (non-hydrogen) atoms. The van der Waals surface area contributed by atoms with Crippen LogP contribution >= 0.6 is 0 Å². The minimum atomic E-state index is -0.00607.